The molecule has 9 heteroatoms. The second-order valence-corrected chi connectivity index (χ2v) is 7.62. The molecule has 0 radical (unpaired) electrons. The van der Waals surface area contributed by atoms with Crippen molar-refractivity contribution in [3.8, 4) is 0 Å². The van der Waals surface area contributed by atoms with Crippen LogP contribution in [0, 0.1) is 6.92 Å². The van der Waals surface area contributed by atoms with Gasteiger partial charge < -0.3 is 10.0 Å². The minimum atomic E-state index is -0.907. The van der Waals surface area contributed by atoms with Crippen molar-refractivity contribution in [3.05, 3.63) is 27.2 Å². The number of likely N-dealkylation sites (tertiary alicyclic amines) is 1. The van der Waals surface area contributed by atoms with E-state index < -0.39 is 6.09 Å². The molecular formula is C15H18N4O3S2. The summed E-state index contributed by atoms with van der Waals surface area (Å²) in [6.45, 7) is 4.38. The van der Waals surface area contributed by atoms with E-state index >= 15 is 0 Å². The predicted octanol–water partition coefficient (Wildman–Crippen LogP) is 3.54. The van der Waals surface area contributed by atoms with Crippen LogP contribution in [0.5, 0.6) is 0 Å². The Morgan fingerprint density at radius 2 is 2.29 bits per heavy atom. The number of carboxylic acid groups (broad SMARTS) is 1. The summed E-state index contributed by atoms with van der Waals surface area (Å²) in [4.78, 5) is 31.3. The Balaban J connectivity index is 1.78. The zero-order valence-electron chi connectivity index (χ0n) is 13.4. The number of aryl methyl sites for hydroxylation is 2. The van der Waals surface area contributed by atoms with E-state index in [1.54, 1.807) is 0 Å². The molecule has 3 rings (SSSR count). The largest absolute Gasteiger partial charge is 0.465 e. The van der Waals surface area contributed by atoms with Gasteiger partial charge in [-0.3, -0.25) is 10.1 Å². The van der Waals surface area contributed by atoms with Crippen LogP contribution < -0.4 is 5.32 Å². The maximum absolute atomic E-state index is 12.5. The molecule has 0 aromatic carbocycles. The third-order valence-corrected chi connectivity index (χ3v) is 5.83. The van der Waals surface area contributed by atoms with E-state index in [2.05, 4.69) is 14.7 Å². The predicted molar refractivity (Wildman–Crippen MR) is 93.0 cm³/mol. The zero-order chi connectivity index (χ0) is 17.3. The Bertz CT molecular complexity index is 771. The SMILES string of the molecule is CCc1nsc(NC(=O)c2cc(C3CCCN3C(=O)O)sc2C)n1. The van der Waals surface area contributed by atoms with Gasteiger partial charge in [0.05, 0.1) is 11.6 Å². The van der Waals surface area contributed by atoms with Crippen LogP contribution in [0.15, 0.2) is 6.07 Å². The molecule has 1 aliphatic heterocycles. The standard InChI is InChI=1S/C15H18N4O3S2/c1-3-12-16-14(24-18-12)17-13(20)9-7-11(23-8(9)2)10-5-4-6-19(10)15(21)22/h7,10H,3-6H2,1-2H3,(H,21,22)(H,16,17,18,20). The summed E-state index contributed by atoms with van der Waals surface area (Å²) in [6.07, 6.45) is 1.46. The van der Waals surface area contributed by atoms with Crippen molar-refractivity contribution in [1.82, 2.24) is 14.3 Å². The summed E-state index contributed by atoms with van der Waals surface area (Å²) >= 11 is 2.65. The Kier molecular flexibility index (Phi) is 4.81. The monoisotopic (exact) mass is 366 g/mol. The normalized spacial score (nSPS) is 17.2. The van der Waals surface area contributed by atoms with Crippen LogP contribution in [0.25, 0.3) is 0 Å². The number of hydrogen-bond donors (Lipinski definition) is 2. The van der Waals surface area contributed by atoms with Gasteiger partial charge in [0.25, 0.3) is 5.91 Å². The number of amides is 2. The lowest BCUT2D eigenvalue weighted by Gasteiger charge is -2.19. The van der Waals surface area contributed by atoms with Gasteiger partial charge in [0.2, 0.25) is 5.13 Å². The molecule has 128 valence electrons. The second kappa shape index (κ2) is 6.86. The molecule has 2 aromatic heterocycles. The summed E-state index contributed by atoms with van der Waals surface area (Å²) < 4.78 is 4.15. The summed E-state index contributed by atoms with van der Waals surface area (Å²) in [6, 6.07) is 1.66. The maximum Gasteiger partial charge on any atom is 0.407 e. The van der Waals surface area contributed by atoms with E-state index in [0.717, 1.165) is 40.5 Å². The lowest BCUT2D eigenvalue weighted by atomic mass is 10.1. The van der Waals surface area contributed by atoms with Crippen molar-refractivity contribution in [2.45, 2.75) is 39.2 Å². The van der Waals surface area contributed by atoms with Gasteiger partial charge in [0, 0.05) is 34.3 Å². The van der Waals surface area contributed by atoms with Crippen LogP contribution in [0.3, 0.4) is 0 Å². The minimum absolute atomic E-state index is 0.152. The fourth-order valence-electron chi connectivity index (χ4n) is 2.80. The highest BCUT2D eigenvalue weighted by Gasteiger charge is 2.32. The van der Waals surface area contributed by atoms with Crippen molar-refractivity contribution in [2.75, 3.05) is 11.9 Å². The van der Waals surface area contributed by atoms with E-state index in [1.807, 2.05) is 19.9 Å². The lowest BCUT2D eigenvalue weighted by molar-refractivity contribution is 0.102. The van der Waals surface area contributed by atoms with Gasteiger partial charge in [0.1, 0.15) is 5.82 Å². The molecule has 1 atom stereocenters. The Morgan fingerprint density at radius 3 is 2.96 bits per heavy atom. The molecule has 2 N–H and O–H groups in total. The first-order valence-electron chi connectivity index (χ1n) is 7.73. The van der Waals surface area contributed by atoms with E-state index in [0.29, 0.717) is 23.1 Å². The number of thiophene rings is 1. The van der Waals surface area contributed by atoms with Gasteiger partial charge in [-0.25, -0.2) is 9.78 Å². The third-order valence-electron chi connectivity index (χ3n) is 4.01. The molecule has 0 bridgehead atoms. The highest BCUT2D eigenvalue weighted by Crippen LogP contribution is 2.37. The molecule has 7 nitrogen and oxygen atoms in total. The Hall–Kier alpha value is -2.00. The minimum Gasteiger partial charge on any atom is -0.465 e. The number of nitrogens with one attached hydrogen (secondary N) is 1. The van der Waals surface area contributed by atoms with Crippen molar-refractivity contribution >= 4 is 40.0 Å². The van der Waals surface area contributed by atoms with Crippen LogP contribution in [0.4, 0.5) is 9.93 Å². The number of carbonyl (C=O) groups excluding carboxylic acids is 1. The van der Waals surface area contributed by atoms with Gasteiger partial charge in [-0.05, 0) is 25.8 Å². The molecule has 2 aromatic rings. The van der Waals surface area contributed by atoms with Crippen LogP contribution >= 0.6 is 22.9 Å². The highest BCUT2D eigenvalue weighted by molar-refractivity contribution is 7.12. The molecule has 24 heavy (non-hydrogen) atoms. The molecule has 2 amide bonds. The number of anilines is 1. The van der Waals surface area contributed by atoms with Crippen LogP contribution in [0.1, 0.15) is 51.7 Å². The first-order chi connectivity index (χ1) is 11.5. The van der Waals surface area contributed by atoms with Gasteiger partial charge in [-0.1, -0.05) is 6.92 Å². The van der Waals surface area contributed by atoms with Crippen LogP contribution in [0.2, 0.25) is 0 Å². The summed E-state index contributed by atoms with van der Waals surface area (Å²) in [7, 11) is 0. The van der Waals surface area contributed by atoms with E-state index in [9.17, 15) is 14.7 Å². The van der Waals surface area contributed by atoms with Crippen molar-refractivity contribution < 1.29 is 14.7 Å². The fraction of sp³-hybridized carbons (Fsp3) is 0.467. The van der Waals surface area contributed by atoms with Gasteiger partial charge in [0.15, 0.2) is 0 Å². The summed E-state index contributed by atoms with van der Waals surface area (Å²) in [5.41, 5.74) is 0.570. The molecule has 1 fully saturated rings. The molecule has 1 saturated heterocycles. The quantitative estimate of drug-likeness (QED) is 0.863. The van der Waals surface area contributed by atoms with Crippen molar-refractivity contribution in [2.24, 2.45) is 0 Å². The van der Waals surface area contributed by atoms with Crippen LogP contribution in [-0.4, -0.2) is 37.9 Å². The maximum atomic E-state index is 12.5. The number of hydrogen-bond acceptors (Lipinski definition) is 6. The first-order valence-corrected chi connectivity index (χ1v) is 9.32. The number of nitrogens with zero attached hydrogens (tertiary/aromatic N) is 3. The topological polar surface area (TPSA) is 95.4 Å². The average molecular weight is 366 g/mol. The van der Waals surface area contributed by atoms with Gasteiger partial charge >= 0.3 is 6.09 Å². The smallest absolute Gasteiger partial charge is 0.407 e. The highest BCUT2D eigenvalue weighted by atomic mass is 32.1. The molecule has 1 unspecified atom stereocenters. The van der Waals surface area contributed by atoms with Crippen molar-refractivity contribution in [3.63, 3.8) is 0 Å². The van der Waals surface area contributed by atoms with Gasteiger partial charge in [-0.15, -0.1) is 11.3 Å². The molecule has 1 aliphatic rings. The summed E-state index contributed by atoms with van der Waals surface area (Å²) in [5.74, 6) is 0.481. The van der Waals surface area contributed by atoms with Crippen LogP contribution in [-0.2, 0) is 6.42 Å². The van der Waals surface area contributed by atoms with E-state index in [4.69, 9.17) is 0 Å². The second-order valence-electron chi connectivity index (χ2n) is 5.58. The molecule has 0 spiro atoms. The molecular weight excluding hydrogens is 348 g/mol. The number of aromatic nitrogens is 2. The fourth-order valence-corrected chi connectivity index (χ4v) is 4.62. The Morgan fingerprint density at radius 1 is 1.50 bits per heavy atom. The lowest BCUT2D eigenvalue weighted by Crippen LogP contribution is -2.28. The average Bonchev–Trinajstić information content (AvgIpc) is 3.24. The first kappa shape index (κ1) is 16.8. The molecule has 0 saturated carbocycles. The number of carbonyl (C=O) groups is 2. The third kappa shape index (κ3) is 3.27. The van der Waals surface area contributed by atoms with E-state index in [1.165, 1.54) is 16.2 Å². The number of rotatable bonds is 4. The van der Waals surface area contributed by atoms with Crippen molar-refractivity contribution in [1.29, 1.82) is 0 Å². The van der Waals surface area contributed by atoms with E-state index in [-0.39, 0.29) is 11.9 Å². The zero-order valence-corrected chi connectivity index (χ0v) is 15.0. The Labute approximate surface area is 147 Å². The van der Waals surface area contributed by atoms with Gasteiger partial charge in [-0.2, -0.15) is 4.37 Å². The summed E-state index contributed by atoms with van der Waals surface area (Å²) in [5, 5.41) is 12.5. The molecule has 0 aliphatic carbocycles. The molecule has 3 heterocycles.